The van der Waals surface area contributed by atoms with Crippen molar-refractivity contribution in [1.82, 2.24) is 14.7 Å². The van der Waals surface area contributed by atoms with Crippen LogP contribution in [0.2, 0.25) is 0 Å². The molecular formula is C17H29N3O3. The smallest absolute Gasteiger partial charge is 0.410 e. The van der Waals surface area contributed by atoms with Crippen LogP contribution in [0.3, 0.4) is 0 Å². The van der Waals surface area contributed by atoms with E-state index in [-0.39, 0.29) is 11.7 Å². The number of nitrogens with zero attached hydrogens (tertiary/aromatic N) is 3. The molecule has 0 radical (unpaired) electrons. The van der Waals surface area contributed by atoms with Crippen LogP contribution in [0, 0.1) is 0 Å². The number of aryl methyl sites for hydroxylation is 1. The van der Waals surface area contributed by atoms with Gasteiger partial charge in [0.15, 0.2) is 0 Å². The summed E-state index contributed by atoms with van der Waals surface area (Å²) < 4.78 is 13.4. The van der Waals surface area contributed by atoms with Gasteiger partial charge in [0.2, 0.25) is 0 Å². The van der Waals surface area contributed by atoms with E-state index in [2.05, 4.69) is 12.0 Å². The summed E-state index contributed by atoms with van der Waals surface area (Å²) in [6, 6.07) is 2.01. The third-order valence-electron chi connectivity index (χ3n) is 4.20. The van der Waals surface area contributed by atoms with Crippen molar-refractivity contribution in [1.29, 1.82) is 0 Å². The fourth-order valence-corrected chi connectivity index (χ4v) is 2.68. The molecule has 1 aliphatic rings. The summed E-state index contributed by atoms with van der Waals surface area (Å²) in [5.74, 6) is 0. The summed E-state index contributed by atoms with van der Waals surface area (Å²) in [4.78, 5) is 13.9. The van der Waals surface area contributed by atoms with Gasteiger partial charge in [0.05, 0.1) is 12.2 Å². The molecule has 0 saturated carbocycles. The van der Waals surface area contributed by atoms with Gasteiger partial charge in [0.1, 0.15) is 5.60 Å². The molecule has 130 valence electrons. The molecule has 0 atom stereocenters. The fraction of sp³-hybridized carbons (Fsp3) is 0.765. The number of hydrogen-bond donors (Lipinski definition) is 0. The van der Waals surface area contributed by atoms with Crippen molar-refractivity contribution in [3.8, 4) is 0 Å². The first-order valence-electron chi connectivity index (χ1n) is 8.27. The number of carbonyl (C=O) groups excluding carboxylic acids is 1. The van der Waals surface area contributed by atoms with Gasteiger partial charge >= 0.3 is 6.09 Å². The van der Waals surface area contributed by atoms with Gasteiger partial charge in [-0.1, -0.05) is 0 Å². The maximum Gasteiger partial charge on any atom is 0.410 e. The van der Waals surface area contributed by atoms with Crippen LogP contribution < -0.4 is 0 Å². The summed E-state index contributed by atoms with van der Waals surface area (Å²) in [6.07, 6.45) is 4.09. The van der Waals surface area contributed by atoms with E-state index in [4.69, 9.17) is 9.47 Å². The molecule has 1 aromatic heterocycles. The predicted octanol–water partition coefficient (Wildman–Crippen LogP) is 2.77. The number of ether oxygens (including phenoxy) is 2. The summed E-state index contributed by atoms with van der Waals surface area (Å²) >= 11 is 0. The van der Waals surface area contributed by atoms with Crippen molar-refractivity contribution in [2.75, 3.05) is 19.7 Å². The van der Waals surface area contributed by atoms with Crippen LogP contribution in [-0.2, 0) is 22.9 Å². The topological polar surface area (TPSA) is 56.6 Å². The SMILES string of the molecule is Cn1nccc1CCOC1(C)CCN(C(=O)OC(C)(C)C)CC1. The maximum absolute atomic E-state index is 12.1. The van der Waals surface area contributed by atoms with Gasteiger partial charge in [-0.15, -0.1) is 0 Å². The number of piperidine rings is 1. The maximum atomic E-state index is 12.1. The van der Waals surface area contributed by atoms with Gasteiger partial charge in [-0.2, -0.15) is 5.10 Å². The molecule has 0 N–H and O–H groups in total. The second-order valence-electron chi connectivity index (χ2n) is 7.46. The molecular weight excluding hydrogens is 294 g/mol. The molecule has 0 bridgehead atoms. The minimum Gasteiger partial charge on any atom is -0.444 e. The Morgan fingerprint density at radius 3 is 2.52 bits per heavy atom. The molecule has 0 aliphatic carbocycles. The molecule has 1 saturated heterocycles. The van der Waals surface area contributed by atoms with E-state index in [1.54, 1.807) is 11.1 Å². The second kappa shape index (κ2) is 6.91. The van der Waals surface area contributed by atoms with Crippen LogP contribution in [0.4, 0.5) is 4.79 Å². The van der Waals surface area contributed by atoms with Gasteiger partial charge in [-0.3, -0.25) is 4.68 Å². The Bertz CT molecular complexity index is 525. The van der Waals surface area contributed by atoms with Crippen molar-refractivity contribution >= 4 is 6.09 Å². The van der Waals surface area contributed by atoms with Crippen LogP contribution in [0.5, 0.6) is 0 Å². The highest BCUT2D eigenvalue weighted by Gasteiger charge is 2.34. The lowest BCUT2D eigenvalue weighted by atomic mass is 9.93. The average molecular weight is 323 g/mol. The number of rotatable bonds is 4. The third kappa shape index (κ3) is 5.23. The highest BCUT2D eigenvalue weighted by molar-refractivity contribution is 5.68. The largest absolute Gasteiger partial charge is 0.444 e. The van der Waals surface area contributed by atoms with E-state index in [1.165, 1.54) is 5.69 Å². The molecule has 23 heavy (non-hydrogen) atoms. The molecule has 1 aliphatic heterocycles. The van der Waals surface area contributed by atoms with Crippen molar-refractivity contribution < 1.29 is 14.3 Å². The number of hydrogen-bond acceptors (Lipinski definition) is 4. The minimum absolute atomic E-state index is 0.170. The number of carbonyl (C=O) groups is 1. The molecule has 1 aromatic rings. The van der Waals surface area contributed by atoms with Gasteiger partial charge in [-0.05, 0) is 46.6 Å². The average Bonchev–Trinajstić information content (AvgIpc) is 2.83. The number of likely N-dealkylation sites (tertiary alicyclic amines) is 1. The van der Waals surface area contributed by atoms with Gasteiger partial charge < -0.3 is 14.4 Å². The molecule has 2 rings (SSSR count). The molecule has 2 heterocycles. The molecule has 0 unspecified atom stereocenters. The summed E-state index contributed by atoms with van der Waals surface area (Å²) in [5.41, 5.74) is 0.550. The highest BCUT2D eigenvalue weighted by Crippen LogP contribution is 2.27. The molecule has 1 fully saturated rings. The standard InChI is InChI=1S/C17H29N3O3/c1-16(2,3)23-15(21)20-11-8-17(4,9-12-20)22-13-7-14-6-10-18-19(14)5/h6,10H,7-9,11-13H2,1-5H3. The van der Waals surface area contributed by atoms with Crippen LogP contribution in [0.1, 0.15) is 46.2 Å². The summed E-state index contributed by atoms with van der Waals surface area (Å²) in [5, 5.41) is 4.16. The zero-order chi connectivity index (χ0) is 17.1. The third-order valence-corrected chi connectivity index (χ3v) is 4.20. The fourth-order valence-electron chi connectivity index (χ4n) is 2.68. The molecule has 0 aromatic carbocycles. The first-order chi connectivity index (χ1) is 10.7. The Labute approximate surface area is 138 Å². The Balaban J connectivity index is 1.76. The van der Waals surface area contributed by atoms with Gasteiger partial charge in [0.25, 0.3) is 0 Å². The molecule has 0 spiro atoms. The monoisotopic (exact) mass is 323 g/mol. The Kier molecular flexibility index (Phi) is 5.34. The molecule has 1 amide bonds. The predicted molar refractivity (Wildman–Crippen MR) is 88.3 cm³/mol. The quantitative estimate of drug-likeness (QED) is 0.855. The first-order valence-corrected chi connectivity index (χ1v) is 8.27. The lowest BCUT2D eigenvalue weighted by Gasteiger charge is -2.39. The summed E-state index contributed by atoms with van der Waals surface area (Å²) in [7, 11) is 1.94. The van der Waals surface area contributed by atoms with E-state index in [9.17, 15) is 4.79 Å². The zero-order valence-corrected chi connectivity index (χ0v) is 15.0. The first kappa shape index (κ1) is 17.8. The molecule has 6 heteroatoms. The summed E-state index contributed by atoms with van der Waals surface area (Å²) in [6.45, 7) is 9.82. The zero-order valence-electron chi connectivity index (χ0n) is 15.0. The Morgan fingerprint density at radius 2 is 2.00 bits per heavy atom. The van der Waals surface area contributed by atoms with Crippen LogP contribution >= 0.6 is 0 Å². The van der Waals surface area contributed by atoms with Crippen molar-refractivity contribution in [3.05, 3.63) is 18.0 Å². The molecule has 6 nitrogen and oxygen atoms in total. The Morgan fingerprint density at radius 1 is 1.35 bits per heavy atom. The van der Waals surface area contributed by atoms with Crippen LogP contribution in [-0.4, -0.2) is 51.7 Å². The van der Waals surface area contributed by atoms with Crippen molar-refractivity contribution in [3.63, 3.8) is 0 Å². The minimum atomic E-state index is -0.447. The second-order valence-corrected chi connectivity index (χ2v) is 7.46. The number of aromatic nitrogens is 2. The van der Waals surface area contributed by atoms with Gasteiger partial charge in [-0.25, -0.2) is 4.79 Å². The van der Waals surface area contributed by atoms with Gasteiger partial charge in [0, 0.05) is 38.4 Å². The lowest BCUT2D eigenvalue weighted by Crippen LogP contribution is -2.48. The van der Waals surface area contributed by atoms with E-state index in [1.807, 2.05) is 38.6 Å². The highest BCUT2D eigenvalue weighted by atomic mass is 16.6. The van der Waals surface area contributed by atoms with E-state index in [0.29, 0.717) is 19.7 Å². The van der Waals surface area contributed by atoms with Crippen molar-refractivity contribution in [2.24, 2.45) is 7.05 Å². The van der Waals surface area contributed by atoms with Crippen LogP contribution in [0.15, 0.2) is 12.3 Å². The van der Waals surface area contributed by atoms with E-state index in [0.717, 1.165) is 19.3 Å². The number of amides is 1. The van der Waals surface area contributed by atoms with Crippen molar-refractivity contribution in [2.45, 2.75) is 58.2 Å². The lowest BCUT2D eigenvalue weighted by molar-refractivity contribution is -0.0716. The Hall–Kier alpha value is -1.56. The van der Waals surface area contributed by atoms with E-state index < -0.39 is 5.60 Å². The van der Waals surface area contributed by atoms with E-state index >= 15 is 0 Å². The van der Waals surface area contributed by atoms with Crippen LogP contribution in [0.25, 0.3) is 0 Å². The normalized spacial score (nSPS) is 18.0.